The fourth-order valence-corrected chi connectivity index (χ4v) is 4.78. The number of nitrogens with zero attached hydrogens (tertiary/aromatic N) is 3. The first kappa shape index (κ1) is 18.7. The van der Waals surface area contributed by atoms with Crippen LogP contribution in [0.1, 0.15) is 32.7 Å². The highest BCUT2D eigenvalue weighted by atomic mass is 32.1. The highest BCUT2D eigenvalue weighted by molar-refractivity contribution is 7.21. The Balaban J connectivity index is 1.53. The first-order valence-corrected chi connectivity index (χ1v) is 10.1. The summed E-state index contributed by atoms with van der Waals surface area (Å²) in [6, 6.07) is 8.04. The first-order valence-electron chi connectivity index (χ1n) is 9.33. The standard InChI is InChI=1S/C21H18FN5O2S/c1-11-7-12(10-29-2)16-17-18(30-21(16)24-11)20(28)26-19(25-17)13-8-23-27(9-13)15-5-3-14(22)4-6-15/h3-9,19,25H,10H2,1-2H3,(H,26,28). The molecule has 30 heavy (non-hydrogen) atoms. The van der Waals surface area contributed by atoms with E-state index in [2.05, 4.69) is 20.7 Å². The largest absolute Gasteiger partial charge is 0.380 e. The van der Waals surface area contributed by atoms with Crippen LogP contribution >= 0.6 is 11.3 Å². The Morgan fingerprint density at radius 1 is 1.27 bits per heavy atom. The van der Waals surface area contributed by atoms with E-state index in [-0.39, 0.29) is 11.7 Å². The van der Waals surface area contributed by atoms with Crippen LogP contribution < -0.4 is 10.6 Å². The minimum Gasteiger partial charge on any atom is -0.380 e. The molecule has 4 heterocycles. The van der Waals surface area contributed by atoms with Crippen molar-refractivity contribution >= 4 is 33.1 Å². The summed E-state index contributed by atoms with van der Waals surface area (Å²) in [6.45, 7) is 2.36. The lowest BCUT2D eigenvalue weighted by atomic mass is 10.1. The predicted molar refractivity (Wildman–Crippen MR) is 112 cm³/mol. The zero-order valence-electron chi connectivity index (χ0n) is 16.3. The van der Waals surface area contributed by atoms with Crippen LogP contribution in [-0.2, 0) is 11.3 Å². The molecule has 4 aromatic rings. The third kappa shape index (κ3) is 3.12. The van der Waals surface area contributed by atoms with Gasteiger partial charge >= 0.3 is 0 Å². The number of ether oxygens (including phenoxy) is 1. The molecule has 1 atom stereocenters. The maximum absolute atomic E-state index is 13.2. The molecule has 1 unspecified atom stereocenters. The van der Waals surface area contributed by atoms with Crippen molar-refractivity contribution < 1.29 is 13.9 Å². The number of methoxy groups -OCH3 is 1. The summed E-state index contributed by atoms with van der Waals surface area (Å²) in [4.78, 5) is 18.8. The fourth-order valence-electron chi connectivity index (χ4n) is 3.64. The number of pyridine rings is 1. The molecular formula is C21H18FN5O2S. The van der Waals surface area contributed by atoms with E-state index in [4.69, 9.17) is 4.74 Å². The summed E-state index contributed by atoms with van der Waals surface area (Å²) < 4.78 is 20.2. The Hall–Kier alpha value is -3.30. The maximum Gasteiger partial charge on any atom is 0.265 e. The molecule has 0 saturated heterocycles. The van der Waals surface area contributed by atoms with Gasteiger partial charge in [-0.2, -0.15) is 5.10 Å². The minimum absolute atomic E-state index is 0.160. The molecule has 7 nitrogen and oxygen atoms in total. The maximum atomic E-state index is 13.2. The molecule has 9 heteroatoms. The topological polar surface area (TPSA) is 81.1 Å². The second-order valence-corrected chi connectivity index (χ2v) is 8.09. The molecule has 0 spiro atoms. The number of aromatic nitrogens is 3. The second-order valence-electron chi connectivity index (χ2n) is 7.09. The Labute approximate surface area is 175 Å². The van der Waals surface area contributed by atoms with Crippen LogP contribution in [-0.4, -0.2) is 27.8 Å². The van der Waals surface area contributed by atoms with E-state index in [1.165, 1.54) is 23.5 Å². The summed E-state index contributed by atoms with van der Waals surface area (Å²) in [5, 5.41) is 11.7. The van der Waals surface area contributed by atoms with E-state index in [0.29, 0.717) is 11.5 Å². The number of thiophene rings is 1. The lowest BCUT2D eigenvalue weighted by Crippen LogP contribution is -2.37. The van der Waals surface area contributed by atoms with Crippen LogP contribution in [0.3, 0.4) is 0 Å². The molecule has 3 aromatic heterocycles. The summed E-state index contributed by atoms with van der Waals surface area (Å²) >= 11 is 1.37. The van der Waals surface area contributed by atoms with Gasteiger partial charge in [0, 0.05) is 30.0 Å². The van der Waals surface area contributed by atoms with Gasteiger partial charge in [0.05, 0.1) is 24.2 Å². The Morgan fingerprint density at radius 3 is 2.83 bits per heavy atom. The number of fused-ring (bicyclic) bond motifs is 3. The predicted octanol–water partition coefficient (Wildman–Crippen LogP) is 3.93. The van der Waals surface area contributed by atoms with Gasteiger partial charge in [0.15, 0.2) is 0 Å². The van der Waals surface area contributed by atoms with Crippen molar-refractivity contribution in [2.75, 3.05) is 12.4 Å². The van der Waals surface area contributed by atoms with Crippen LogP contribution in [0.2, 0.25) is 0 Å². The smallest absolute Gasteiger partial charge is 0.265 e. The van der Waals surface area contributed by atoms with Crippen molar-refractivity contribution in [2.45, 2.75) is 19.7 Å². The third-order valence-corrected chi connectivity index (χ3v) is 6.05. The number of nitrogens with one attached hydrogen (secondary N) is 2. The Bertz CT molecular complexity index is 1260. The Morgan fingerprint density at radius 2 is 2.07 bits per heavy atom. The van der Waals surface area contributed by atoms with Crippen molar-refractivity contribution in [1.29, 1.82) is 0 Å². The van der Waals surface area contributed by atoms with E-state index in [0.717, 1.165) is 38.4 Å². The molecule has 1 aliphatic heterocycles. The van der Waals surface area contributed by atoms with Crippen molar-refractivity contribution in [3.05, 3.63) is 70.2 Å². The van der Waals surface area contributed by atoms with Gasteiger partial charge in [-0.05, 0) is 42.8 Å². The van der Waals surface area contributed by atoms with Gasteiger partial charge in [-0.3, -0.25) is 4.79 Å². The molecule has 0 radical (unpaired) electrons. The number of amides is 1. The van der Waals surface area contributed by atoms with Gasteiger partial charge in [0.2, 0.25) is 0 Å². The van der Waals surface area contributed by atoms with E-state index in [1.807, 2.05) is 19.2 Å². The SMILES string of the molecule is COCc1cc(C)nc2sc3c(c12)NC(c1cnn(-c2ccc(F)cc2)c1)NC3=O. The number of hydrogen-bond acceptors (Lipinski definition) is 6. The van der Waals surface area contributed by atoms with Crippen molar-refractivity contribution in [3.63, 3.8) is 0 Å². The van der Waals surface area contributed by atoms with E-state index >= 15 is 0 Å². The molecule has 152 valence electrons. The highest BCUT2D eigenvalue weighted by Gasteiger charge is 2.31. The number of halogens is 1. The third-order valence-electron chi connectivity index (χ3n) is 4.97. The number of carbonyl (C=O) groups is 1. The number of benzene rings is 1. The van der Waals surface area contributed by atoms with Crippen molar-refractivity contribution in [3.8, 4) is 5.69 Å². The molecule has 0 aliphatic carbocycles. The molecule has 0 fully saturated rings. The number of anilines is 1. The normalized spacial score (nSPS) is 15.7. The van der Waals surface area contributed by atoms with Gasteiger partial charge in [-0.25, -0.2) is 14.1 Å². The fraction of sp³-hybridized carbons (Fsp3) is 0.190. The molecule has 0 saturated carbocycles. The quantitative estimate of drug-likeness (QED) is 0.520. The lowest BCUT2D eigenvalue weighted by molar-refractivity contribution is 0.0940. The van der Waals surface area contributed by atoms with E-state index in [9.17, 15) is 9.18 Å². The lowest BCUT2D eigenvalue weighted by Gasteiger charge is -2.25. The monoisotopic (exact) mass is 423 g/mol. The summed E-state index contributed by atoms with van der Waals surface area (Å²) in [5.41, 5.74) is 4.14. The number of aryl methyl sites for hydroxylation is 1. The van der Waals surface area contributed by atoms with Crippen molar-refractivity contribution in [2.24, 2.45) is 0 Å². The van der Waals surface area contributed by atoms with Crippen LogP contribution in [0.15, 0.2) is 42.7 Å². The molecule has 5 rings (SSSR count). The van der Waals surface area contributed by atoms with E-state index in [1.54, 1.807) is 30.1 Å². The van der Waals surface area contributed by atoms with Gasteiger partial charge in [-0.15, -0.1) is 11.3 Å². The van der Waals surface area contributed by atoms with Crippen LogP contribution in [0.4, 0.5) is 10.1 Å². The zero-order chi connectivity index (χ0) is 20.8. The number of rotatable bonds is 4. The average Bonchev–Trinajstić information content (AvgIpc) is 3.34. The molecule has 0 bridgehead atoms. The highest BCUT2D eigenvalue weighted by Crippen LogP contribution is 2.41. The van der Waals surface area contributed by atoms with Crippen LogP contribution in [0.25, 0.3) is 15.9 Å². The van der Waals surface area contributed by atoms with E-state index < -0.39 is 6.17 Å². The summed E-state index contributed by atoms with van der Waals surface area (Å²) in [6.07, 6.45) is 3.04. The number of carbonyl (C=O) groups excluding carboxylic acids is 1. The van der Waals surface area contributed by atoms with Crippen molar-refractivity contribution in [1.82, 2.24) is 20.1 Å². The van der Waals surface area contributed by atoms with Gasteiger partial charge in [0.25, 0.3) is 5.91 Å². The number of hydrogen-bond donors (Lipinski definition) is 2. The molecule has 1 aromatic carbocycles. The Kier molecular flexibility index (Phi) is 4.48. The van der Waals surface area contributed by atoms with Gasteiger partial charge < -0.3 is 15.4 Å². The second kappa shape index (κ2) is 7.19. The molecular weight excluding hydrogens is 405 g/mol. The first-order chi connectivity index (χ1) is 14.5. The van der Waals surface area contributed by atoms with Crippen LogP contribution in [0, 0.1) is 12.7 Å². The van der Waals surface area contributed by atoms with Gasteiger partial charge in [0.1, 0.15) is 21.7 Å². The minimum atomic E-state index is -0.450. The zero-order valence-corrected chi connectivity index (χ0v) is 17.1. The van der Waals surface area contributed by atoms with Crippen LogP contribution in [0.5, 0.6) is 0 Å². The van der Waals surface area contributed by atoms with Gasteiger partial charge in [-0.1, -0.05) is 0 Å². The molecule has 1 aliphatic rings. The average molecular weight is 423 g/mol. The molecule has 1 amide bonds. The summed E-state index contributed by atoms with van der Waals surface area (Å²) in [7, 11) is 1.65. The molecule has 2 N–H and O–H groups in total. The summed E-state index contributed by atoms with van der Waals surface area (Å²) in [5.74, 6) is -0.466.